The van der Waals surface area contributed by atoms with Crippen LogP contribution >= 0.6 is 0 Å². The highest BCUT2D eigenvalue weighted by Gasteiger charge is 2.48. The van der Waals surface area contributed by atoms with E-state index in [9.17, 15) is 4.79 Å². The van der Waals surface area contributed by atoms with Gasteiger partial charge in [-0.05, 0) is 52.9 Å². The summed E-state index contributed by atoms with van der Waals surface area (Å²) in [5, 5.41) is 1.66. The average Bonchev–Trinajstić information content (AvgIpc) is 2.75. The molecule has 2 fully saturated rings. The molecule has 0 radical (unpaired) electrons. The van der Waals surface area contributed by atoms with Crippen LogP contribution in [0.4, 0.5) is 0 Å². The van der Waals surface area contributed by atoms with Crippen molar-refractivity contribution in [2.75, 3.05) is 20.2 Å². The number of carbonyl (C=O) groups excluding carboxylic acids is 1. The summed E-state index contributed by atoms with van der Waals surface area (Å²) >= 11 is 0. The molecule has 4 nitrogen and oxygen atoms in total. The summed E-state index contributed by atoms with van der Waals surface area (Å²) in [4.78, 5) is 19.8. The number of amides is 1. The van der Waals surface area contributed by atoms with Gasteiger partial charge in [0.25, 0.3) is 0 Å². The Labute approximate surface area is 129 Å². The van der Waals surface area contributed by atoms with Crippen LogP contribution in [0.5, 0.6) is 0 Å². The van der Waals surface area contributed by atoms with Gasteiger partial charge in [0.15, 0.2) is 0 Å². The quantitative estimate of drug-likeness (QED) is 0.730. The summed E-state index contributed by atoms with van der Waals surface area (Å²) in [6, 6.07) is 0.617. The minimum Gasteiger partial charge on any atom is -0.300 e. The molecule has 1 spiro atoms. The predicted molar refractivity (Wildman–Crippen MR) is 84.8 cm³/mol. The van der Waals surface area contributed by atoms with Gasteiger partial charge in [-0.1, -0.05) is 11.6 Å². The van der Waals surface area contributed by atoms with Crippen molar-refractivity contribution in [1.82, 2.24) is 9.96 Å². The predicted octanol–water partition coefficient (Wildman–Crippen LogP) is 3.14. The summed E-state index contributed by atoms with van der Waals surface area (Å²) in [6.07, 6.45) is 8.38. The molecule has 21 heavy (non-hydrogen) atoms. The van der Waals surface area contributed by atoms with Crippen LogP contribution in [0.1, 0.15) is 59.3 Å². The first-order chi connectivity index (χ1) is 9.98. The number of hydrogen-bond donors (Lipinski definition) is 0. The van der Waals surface area contributed by atoms with Crippen molar-refractivity contribution in [2.45, 2.75) is 70.9 Å². The SMILES string of the molecule is CON1C(=O)CCC12CCN(C(C)CCC=C(C)C)CC2. The van der Waals surface area contributed by atoms with E-state index in [1.807, 2.05) is 0 Å². The van der Waals surface area contributed by atoms with E-state index in [-0.39, 0.29) is 11.4 Å². The number of likely N-dealkylation sites (tertiary alicyclic amines) is 1. The first-order valence-electron chi connectivity index (χ1n) is 8.23. The van der Waals surface area contributed by atoms with Gasteiger partial charge in [-0.25, -0.2) is 5.06 Å². The fourth-order valence-electron chi connectivity index (χ4n) is 3.73. The molecule has 0 aromatic carbocycles. The molecular formula is C17H30N2O2. The standard InChI is InChI=1S/C17H30N2O2/c1-14(2)6-5-7-15(3)18-12-10-17(11-13-18)9-8-16(20)19(17)21-4/h6,15H,5,7-13H2,1-4H3. The van der Waals surface area contributed by atoms with Gasteiger partial charge in [-0.3, -0.25) is 9.63 Å². The Kier molecular flexibility index (Phi) is 5.44. The van der Waals surface area contributed by atoms with Crippen molar-refractivity contribution in [3.05, 3.63) is 11.6 Å². The normalized spacial score (nSPS) is 23.6. The lowest BCUT2D eigenvalue weighted by molar-refractivity contribution is -0.203. The molecule has 2 heterocycles. The van der Waals surface area contributed by atoms with Gasteiger partial charge in [0.1, 0.15) is 0 Å². The van der Waals surface area contributed by atoms with Crippen LogP contribution in [0.25, 0.3) is 0 Å². The number of piperidine rings is 1. The molecule has 0 bridgehead atoms. The summed E-state index contributed by atoms with van der Waals surface area (Å²) in [5.74, 6) is 0.155. The molecule has 2 aliphatic rings. The molecule has 0 aromatic heterocycles. The minimum absolute atomic E-state index is 0.0258. The van der Waals surface area contributed by atoms with Crippen molar-refractivity contribution in [3.63, 3.8) is 0 Å². The molecule has 0 N–H and O–H groups in total. The maximum atomic E-state index is 11.9. The van der Waals surface area contributed by atoms with Gasteiger partial charge in [-0.15, -0.1) is 0 Å². The monoisotopic (exact) mass is 294 g/mol. The van der Waals surface area contributed by atoms with E-state index >= 15 is 0 Å². The third-order valence-corrected chi connectivity index (χ3v) is 5.13. The number of allylic oxidation sites excluding steroid dienone is 2. The van der Waals surface area contributed by atoms with Crippen LogP contribution in [-0.2, 0) is 9.63 Å². The smallest absolute Gasteiger partial charge is 0.246 e. The molecule has 2 rings (SSSR count). The molecule has 2 saturated heterocycles. The fraction of sp³-hybridized carbons (Fsp3) is 0.824. The highest BCUT2D eigenvalue weighted by atomic mass is 16.7. The Morgan fingerprint density at radius 1 is 1.33 bits per heavy atom. The second-order valence-electron chi connectivity index (χ2n) is 6.84. The van der Waals surface area contributed by atoms with Crippen LogP contribution < -0.4 is 0 Å². The Hall–Kier alpha value is -0.870. The third kappa shape index (κ3) is 3.67. The molecule has 4 heteroatoms. The molecule has 1 atom stereocenters. The Morgan fingerprint density at radius 3 is 2.57 bits per heavy atom. The summed E-state index contributed by atoms with van der Waals surface area (Å²) in [6.45, 7) is 8.79. The Balaban J connectivity index is 1.85. The van der Waals surface area contributed by atoms with Crippen LogP contribution in [0.2, 0.25) is 0 Å². The zero-order valence-electron chi connectivity index (χ0n) is 14.0. The number of hydroxylamine groups is 2. The lowest BCUT2D eigenvalue weighted by Crippen LogP contribution is -2.54. The second kappa shape index (κ2) is 6.93. The maximum absolute atomic E-state index is 11.9. The van der Waals surface area contributed by atoms with E-state index in [4.69, 9.17) is 4.84 Å². The Bertz CT molecular complexity index is 394. The van der Waals surface area contributed by atoms with Gasteiger partial charge < -0.3 is 4.90 Å². The molecule has 1 amide bonds. The van der Waals surface area contributed by atoms with E-state index in [1.54, 1.807) is 12.2 Å². The molecule has 2 aliphatic heterocycles. The molecule has 0 saturated carbocycles. The highest BCUT2D eigenvalue weighted by Crippen LogP contribution is 2.39. The van der Waals surface area contributed by atoms with Crippen molar-refractivity contribution in [2.24, 2.45) is 0 Å². The van der Waals surface area contributed by atoms with Crippen LogP contribution in [0.3, 0.4) is 0 Å². The van der Waals surface area contributed by atoms with Crippen LogP contribution in [0, 0.1) is 0 Å². The summed E-state index contributed by atoms with van der Waals surface area (Å²) in [7, 11) is 1.62. The van der Waals surface area contributed by atoms with Crippen molar-refractivity contribution < 1.29 is 9.63 Å². The third-order valence-electron chi connectivity index (χ3n) is 5.13. The minimum atomic E-state index is -0.0258. The number of nitrogens with zero attached hydrogens (tertiary/aromatic N) is 2. The fourth-order valence-corrected chi connectivity index (χ4v) is 3.73. The molecule has 0 aliphatic carbocycles. The second-order valence-corrected chi connectivity index (χ2v) is 6.84. The van der Waals surface area contributed by atoms with E-state index in [0.717, 1.165) is 38.8 Å². The zero-order chi connectivity index (χ0) is 15.5. The van der Waals surface area contributed by atoms with E-state index in [1.165, 1.54) is 12.0 Å². The maximum Gasteiger partial charge on any atom is 0.246 e. The van der Waals surface area contributed by atoms with Gasteiger partial charge in [0.05, 0.1) is 12.6 Å². The van der Waals surface area contributed by atoms with E-state index < -0.39 is 0 Å². The lowest BCUT2D eigenvalue weighted by atomic mass is 9.85. The first kappa shape index (κ1) is 16.5. The zero-order valence-corrected chi connectivity index (χ0v) is 14.0. The van der Waals surface area contributed by atoms with Gasteiger partial charge in [0.2, 0.25) is 5.91 Å². The van der Waals surface area contributed by atoms with Gasteiger partial charge >= 0.3 is 0 Å². The van der Waals surface area contributed by atoms with Crippen LogP contribution in [0.15, 0.2) is 11.6 Å². The van der Waals surface area contributed by atoms with Gasteiger partial charge in [0, 0.05) is 25.6 Å². The summed E-state index contributed by atoms with van der Waals surface area (Å²) < 4.78 is 0. The van der Waals surface area contributed by atoms with Crippen molar-refractivity contribution in [1.29, 1.82) is 0 Å². The summed E-state index contributed by atoms with van der Waals surface area (Å²) in [5.41, 5.74) is 1.38. The molecule has 0 aromatic rings. The first-order valence-corrected chi connectivity index (χ1v) is 8.23. The number of carbonyl (C=O) groups is 1. The average molecular weight is 294 g/mol. The number of rotatable bonds is 5. The molecule has 120 valence electrons. The van der Waals surface area contributed by atoms with E-state index in [0.29, 0.717) is 12.5 Å². The van der Waals surface area contributed by atoms with Gasteiger partial charge in [-0.2, -0.15) is 0 Å². The molecular weight excluding hydrogens is 264 g/mol. The lowest BCUT2D eigenvalue weighted by Gasteiger charge is -2.45. The van der Waals surface area contributed by atoms with Crippen LogP contribution in [-0.4, -0.2) is 47.7 Å². The largest absolute Gasteiger partial charge is 0.300 e. The van der Waals surface area contributed by atoms with Crippen molar-refractivity contribution >= 4 is 5.91 Å². The van der Waals surface area contributed by atoms with E-state index in [2.05, 4.69) is 31.7 Å². The highest BCUT2D eigenvalue weighted by molar-refractivity contribution is 5.78. The molecule has 1 unspecified atom stereocenters. The number of hydrogen-bond acceptors (Lipinski definition) is 3. The topological polar surface area (TPSA) is 32.8 Å². The van der Waals surface area contributed by atoms with Crippen molar-refractivity contribution in [3.8, 4) is 0 Å². The Morgan fingerprint density at radius 2 is 2.00 bits per heavy atom.